The third-order valence-electron chi connectivity index (χ3n) is 2.82. The molecule has 0 aliphatic heterocycles. The van der Waals surface area contributed by atoms with Gasteiger partial charge in [0, 0.05) is 5.69 Å². The van der Waals surface area contributed by atoms with Gasteiger partial charge in [0.2, 0.25) is 0 Å². The van der Waals surface area contributed by atoms with E-state index >= 15 is 0 Å². The van der Waals surface area contributed by atoms with Crippen molar-refractivity contribution in [3.8, 4) is 5.69 Å². The predicted octanol–water partition coefficient (Wildman–Crippen LogP) is 5.24. The van der Waals surface area contributed by atoms with Crippen molar-refractivity contribution in [2.45, 2.75) is 0 Å². The fourth-order valence-corrected chi connectivity index (χ4v) is 2.92. The molecule has 96 valence electrons. The summed E-state index contributed by atoms with van der Waals surface area (Å²) in [7, 11) is 0. The standard InChI is InChI=1S/C13H7BrClFN2S/c14-8-6-7(4-5-10(8)16)18-12-9(15)2-1-3-11(12)17-13(18)19/h1-6H,(H,17,19). The molecule has 0 spiro atoms. The zero-order valence-corrected chi connectivity index (χ0v) is 12.6. The Morgan fingerprint density at radius 1 is 1.26 bits per heavy atom. The Hall–Kier alpha value is -1.17. The SMILES string of the molecule is Fc1ccc(-n2c(=S)[nH]c3cccc(Cl)c32)cc1Br. The van der Waals surface area contributed by atoms with E-state index < -0.39 is 0 Å². The van der Waals surface area contributed by atoms with Crippen molar-refractivity contribution >= 4 is 50.8 Å². The van der Waals surface area contributed by atoms with Crippen molar-refractivity contribution in [2.24, 2.45) is 0 Å². The van der Waals surface area contributed by atoms with Gasteiger partial charge in [0.15, 0.2) is 4.77 Å². The summed E-state index contributed by atoms with van der Waals surface area (Å²) in [5.74, 6) is -0.318. The quantitative estimate of drug-likeness (QED) is 0.590. The van der Waals surface area contributed by atoms with E-state index in [0.717, 1.165) is 16.7 Å². The molecule has 2 aromatic carbocycles. The molecule has 2 nitrogen and oxygen atoms in total. The number of halogens is 3. The first kappa shape index (κ1) is 12.8. The van der Waals surface area contributed by atoms with E-state index in [1.54, 1.807) is 22.8 Å². The number of benzene rings is 2. The maximum absolute atomic E-state index is 13.3. The predicted molar refractivity (Wildman–Crippen MR) is 81.1 cm³/mol. The molecular formula is C13H7BrClFN2S. The molecule has 0 aliphatic carbocycles. The number of nitrogens with zero attached hydrogens (tertiary/aromatic N) is 1. The molecule has 1 N–H and O–H groups in total. The lowest BCUT2D eigenvalue weighted by Gasteiger charge is -2.06. The Kier molecular flexibility index (Phi) is 3.20. The van der Waals surface area contributed by atoms with Crippen molar-refractivity contribution in [2.75, 3.05) is 0 Å². The van der Waals surface area contributed by atoms with Gasteiger partial charge in [-0.25, -0.2) is 4.39 Å². The van der Waals surface area contributed by atoms with E-state index in [-0.39, 0.29) is 5.82 Å². The molecule has 6 heteroatoms. The molecule has 0 atom stereocenters. The van der Waals surface area contributed by atoms with Crippen LogP contribution in [-0.4, -0.2) is 9.55 Å². The van der Waals surface area contributed by atoms with Crippen LogP contribution in [0.1, 0.15) is 0 Å². The molecule has 0 aliphatic rings. The Labute approximate surface area is 127 Å². The molecule has 3 aromatic rings. The van der Waals surface area contributed by atoms with Gasteiger partial charge in [-0.15, -0.1) is 0 Å². The fraction of sp³-hybridized carbons (Fsp3) is 0. The van der Waals surface area contributed by atoms with Crippen LogP contribution in [0.15, 0.2) is 40.9 Å². The van der Waals surface area contributed by atoms with Crippen LogP contribution in [0, 0.1) is 10.6 Å². The van der Waals surface area contributed by atoms with Crippen LogP contribution in [0.2, 0.25) is 5.02 Å². The summed E-state index contributed by atoms with van der Waals surface area (Å²) in [6.45, 7) is 0. The van der Waals surface area contributed by atoms with E-state index in [1.165, 1.54) is 6.07 Å². The molecule has 3 rings (SSSR count). The maximum Gasteiger partial charge on any atom is 0.182 e. The van der Waals surface area contributed by atoms with Crippen LogP contribution in [0.4, 0.5) is 4.39 Å². The number of nitrogens with one attached hydrogen (secondary N) is 1. The lowest BCUT2D eigenvalue weighted by atomic mass is 10.2. The fourth-order valence-electron chi connectivity index (χ4n) is 1.99. The Balaban J connectivity index is 2.39. The van der Waals surface area contributed by atoms with E-state index in [2.05, 4.69) is 20.9 Å². The maximum atomic E-state index is 13.3. The van der Waals surface area contributed by atoms with Crippen LogP contribution in [0.25, 0.3) is 16.7 Å². The van der Waals surface area contributed by atoms with Gasteiger partial charge in [0.1, 0.15) is 5.82 Å². The smallest absolute Gasteiger partial charge is 0.182 e. The highest BCUT2D eigenvalue weighted by Crippen LogP contribution is 2.28. The first-order valence-corrected chi connectivity index (χ1v) is 7.00. The molecular weight excluding hydrogens is 351 g/mol. The van der Waals surface area contributed by atoms with Gasteiger partial charge in [-0.2, -0.15) is 0 Å². The van der Waals surface area contributed by atoms with Crippen LogP contribution in [-0.2, 0) is 0 Å². The van der Waals surface area contributed by atoms with Crippen molar-refractivity contribution in [1.82, 2.24) is 9.55 Å². The van der Waals surface area contributed by atoms with E-state index in [9.17, 15) is 4.39 Å². The van der Waals surface area contributed by atoms with Gasteiger partial charge in [-0.3, -0.25) is 4.57 Å². The van der Waals surface area contributed by atoms with Crippen LogP contribution >= 0.6 is 39.7 Å². The van der Waals surface area contributed by atoms with Gasteiger partial charge < -0.3 is 4.98 Å². The average Bonchev–Trinajstić information content (AvgIpc) is 2.70. The number of aromatic amines is 1. The second-order valence-electron chi connectivity index (χ2n) is 4.00. The summed E-state index contributed by atoms with van der Waals surface area (Å²) >= 11 is 14.7. The zero-order valence-electron chi connectivity index (χ0n) is 9.45. The van der Waals surface area contributed by atoms with Crippen LogP contribution < -0.4 is 0 Å². The zero-order chi connectivity index (χ0) is 13.6. The van der Waals surface area contributed by atoms with Crippen LogP contribution in [0.5, 0.6) is 0 Å². The molecule has 1 heterocycles. The minimum atomic E-state index is -0.318. The van der Waals surface area contributed by atoms with Crippen LogP contribution in [0.3, 0.4) is 0 Å². The van der Waals surface area contributed by atoms with Gasteiger partial charge in [0.25, 0.3) is 0 Å². The first-order valence-electron chi connectivity index (χ1n) is 5.42. The molecule has 19 heavy (non-hydrogen) atoms. The van der Waals surface area contributed by atoms with Crippen molar-refractivity contribution in [1.29, 1.82) is 0 Å². The lowest BCUT2D eigenvalue weighted by molar-refractivity contribution is 0.620. The molecule has 1 aromatic heterocycles. The number of rotatable bonds is 1. The highest BCUT2D eigenvalue weighted by Gasteiger charge is 2.11. The summed E-state index contributed by atoms with van der Waals surface area (Å²) < 4.78 is 16.0. The molecule has 0 radical (unpaired) electrons. The Bertz CT molecular complexity index is 840. The summed E-state index contributed by atoms with van der Waals surface area (Å²) in [5, 5.41) is 0.588. The van der Waals surface area contributed by atoms with Gasteiger partial charge >= 0.3 is 0 Å². The van der Waals surface area contributed by atoms with Gasteiger partial charge in [0.05, 0.1) is 20.5 Å². The normalized spacial score (nSPS) is 11.1. The summed E-state index contributed by atoms with van der Waals surface area (Å²) in [6, 6.07) is 10.2. The molecule has 0 bridgehead atoms. The molecule has 0 unspecified atom stereocenters. The second-order valence-corrected chi connectivity index (χ2v) is 5.65. The highest BCUT2D eigenvalue weighted by atomic mass is 79.9. The largest absolute Gasteiger partial charge is 0.330 e. The number of imidazole rings is 1. The minimum absolute atomic E-state index is 0.318. The van der Waals surface area contributed by atoms with Gasteiger partial charge in [-0.05, 0) is 58.5 Å². The number of hydrogen-bond donors (Lipinski definition) is 1. The number of para-hydroxylation sites is 1. The van der Waals surface area contributed by atoms with E-state index in [1.807, 2.05) is 12.1 Å². The number of hydrogen-bond acceptors (Lipinski definition) is 1. The summed E-state index contributed by atoms with van der Waals surface area (Å²) in [5.41, 5.74) is 2.38. The summed E-state index contributed by atoms with van der Waals surface area (Å²) in [4.78, 5) is 3.08. The second kappa shape index (κ2) is 4.74. The summed E-state index contributed by atoms with van der Waals surface area (Å²) in [6.07, 6.45) is 0. The van der Waals surface area contributed by atoms with Crippen molar-refractivity contribution in [3.63, 3.8) is 0 Å². The Morgan fingerprint density at radius 3 is 2.79 bits per heavy atom. The first-order chi connectivity index (χ1) is 9.08. The number of fused-ring (bicyclic) bond motifs is 1. The molecule has 0 amide bonds. The average molecular weight is 358 g/mol. The van der Waals surface area contributed by atoms with Gasteiger partial charge in [-0.1, -0.05) is 17.7 Å². The Morgan fingerprint density at radius 2 is 2.05 bits per heavy atom. The minimum Gasteiger partial charge on any atom is -0.330 e. The third-order valence-corrected chi connectivity index (χ3v) is 4.01. The highest BCUT2D eigenvalue weighted by molar-refractivity contribution is 9.10. The van der Waals surface area contributed by atoms with Crippen molar-refractivity contribution in [3.05, 3.63) is 56.5 Å². The number of H-pyrrole nitrogens is 1. The molecule has 0 saturated carbocycles. The monoisotopic (exact) mass is 356 g/mol. The topological polar surface area (TPSA) is 20.7 Å². The lowest BCUT2D eigenvalue weighted by Crippen LogP contribution is -1.95. The third kappa shape index (κ3) is 2.12. The molecule has 0 saturated heterocycles. The van der Waals surface area contributed by atoms with Crippen molar-refractivity contribution < 1.29 is 4.39 Å². The molecule has 0 fully saturated rings. The van der Waals surface area contributed by atoms with E-state index in [4.69, 9.17) is 23.8 Å². The van der Waals surface area contributed by atoms with E-state index in [0.29, 0.717) is 14.3 Å². The number of aromatic nitrogens is 2.